The van der Waals surface area contributed by atoms with E-state index >= 15 is 0 Å². The number of aromatic hydroxyl groups is 1. The average molecular weight is 421 g/mol. The Morgan fingerprint density at radius 1 is 1.00 bits per heavy atom. The lowest BCUT2D eigenvalue weighted by Gasteiger charge is -2.14. The van der Waals surface area contributed by atoms with E-state index in [1.54, 1.807) is 0 Å². The van der Waals surface area contributed by atoms with Gasteiger partial charge in [-0.1, -0.05) is 49.2 Å². The summed E-state index contributed by atoms with van der Waals surface area (Å²) in [4.78, 5) is 0. The molecule has 0 heterocycles. The van der Waals surface area contributed by atoms with Gasteiger partial charge in [-0.2, -0.15) is 0 Å². The first-order valence-corrected chi connectivity index (χ1v) is 10.5. The second kappa shape index (κ2) is 15.0. The first kappa shape index (κ1) is 17.7. The lowest BCUT2D eigenvalue weighted by atomic mass is 10.1. The van der Waals surface area contributed by atoms with Crippen LogP contribution in [-0.4, -0.2) is 41.5 Å². The van der Waals surface area contributed by atoms with E-state index in [1.807, 2.05) is 18.2 Å². The fourth-order valence-electron chi connectivity index (χ4n) is 2.93. The van der Waals surface area contributed by atoms with E-state index in [1.165, 1.54) is 23.8 Å². The van der Waals surface area contributed by atoms with E-state index in [4.69, 9.17) is 11.6 Å². The van der Waals surface area contributed by atoms with Crippen LogP contribution in [0.5, 0.6) is 5.75 Å². The molecule has 1 unspecified atom stereocenters. The number of aryl methyl sites for hydroxylation is 1. The molecule has 0 saturated carbocycles. The molecule has 0 spiro atoms. The lowest BCUT2D eigenvalue weighted by molar-refractivity contribution is 0.126. The van der Waals surface area contributed by atoms with Crippen molar-refractivity contribution < 1.29 is 26.9 Å². The van der Waals surface area contributed by atoms with Gasteiger partial charge in [-0.25, -0.2) is 0 Å². The number of ether oxygens (including phenoxy) is 1. The quantitative estimate of drug-likeness (QED) is 0.307. The molecule has 0 aliphatic heterocycles. The van der Waals surface area contributed by atoms with E-state index in [0.717, 1.165) is 19.3 Å². The van der Waals surface area contributed by atoms with Crippen molar-refractivity contribution in [3.05, 3.63) is 65.2 Å². The number of unbranched alkanes of at least 4 members (excludes halogenated alkanes) is 2. The molecule has 2 aromatic rings. The lowest BCUT2D eigenvalue weighted by Crippen LogP contribution is -2.22. The molecule has 0 bridgehead atoms. The van der Waals surface area contributed by atoms with Crippen LogP contribution in [0.3, 0.4) is 0 Å². The van der Waals surface area contributed by atoms with Crippen LogP contribution < -0.4 is 5.32 Å². The third kappa shape index (κ3) is 9.72. The molecule has 0 radical (unpaired) electrons. The summed E-state index contributed by atoms with van der Waals surface area (Å²) in [5, 5.41) is 31.9. The Bertz CT molecular complexity index is 897. The minimum Gasteiger partial charge on any atom is -0.508 e. The summed E-state index contributed by atoms with van der Waals surface area (Å²) >= 11 is 0. The van der Waals surface area contributed by atoms with Crippen molar-refractivity contribution in [3.63, 3.8) is 0 Å². The molecular formula is C25H37NO4. The fourth-order valence-corrected chi connectivity index (χ4v) is 2.93. The zero-order valence-corrected chi connectivity index (χ0v) is 17.4. The molecule has 0 amide bonds. The smallest absolute Gasteiger partial charge is 0.121 e. The van der Waals surface area contributed by atoms with Crippen LogP contribution in [0, 0.1) is 0 Å². The molecule has 2 rings (SSSR count). The predicted octanol–water partition coefficient (Wildman–Crippen LogP) is 4.11. The van der Waals surface area contributed by atoms with Gasteiger partial charge in [-0.15, -0.1) is 0 Å². The van der Waals surface area contributed by atoms with Gasteiger partial charge in [0.15, 0.2) is 0 Å². The van der Waals surface area contributed by atoms with Gasteiger partial charge in [-0.3, -0.25) is 0 Å². The summed E-state index contributed by atoms with van der Waals surface area (Å²) in [6.45, 7) is -4.15. The summed E-state index contributed by atoms with van der Waals surface area (Å²) in [6, 6.07) is 14.0. The fraction of sp³-hybridized carbons (Fsp3) is 0.520. The summed E-state index contributed by atoms with van der Waals surface area (Å²) in [7, 11) is 0. The average Bonchev–Trinajstić information content (AvgIpc) is 2.81. The van der Waals surface area contributed by atoms with Crippen LogP contribution in [0.1, 0.15) is 68.1 Å². The third-order valence-corrected chi connectivity index (χ3v) is 4.70. The van der Waals surface area contributed by atoms with Gasteiger partial charge < -0.3 is 25.4 Å². The molecule has 1 atom stereocenters. The molecule has 0 fully saturated rings. The predicted molar refractivity (Wildman–Crippen MR) is 121 cm³/mol. The normalized spacial score (nSPS) is 16.7. The van der Waals surface area contributed by atoms with Gasteiger partial charge in [0.05, 0.1) is 16.8 Å². The summed E-state index contributed by atoms with van der Waals surface area (Å²) in [5.41, 5.74) is 1.54. The number of rotatable bonds is 16. The molecule has 2 aromatic carbocycles. The Balaban J connectivity index is 1.66. The first-order valence-electron chi connectivity index (χ1n) is 13.0. The van der Waals surface area contributed by atoms with Crippen LogP contribution in [0.4, 0.5) is 0 Å². The zero-order valence-electron chi connectivity index (χ0n) is 22.4. The molecule has 5 heteroatoms. The minimum absolute atomic E-state index is 0.0771. The van der Waals surface area contributed by atoms with E-state index in [2.05, 4.69) is 17.4 Å². The van der Waals surface area contributed by atoms with Gasteiger partial charge in [0, 0.05) is 28.0 Å². The van der Waals surface area contributed by atoms with Crippen molar-refractivity contribution in [2.24, 2.45) is 0 Å². The second-order valence-electron chi connectivity index (χ2n) is 7.12. The van der Waals surface area contributed by atoms with Crippen LogP contribution in [-0.2, 0) is 17.8 Å². The Morgan fingerprint density at radius 2 is 1.80 bits per heavy atom. The van der Waals surface area contributed by atoms with E-state index in [0.29, 0.717) is 19.4 Å². The highest BCUT2D eigenvalue weighted by Gasteiger charge is 2.09. The van der Waals surface area contributed by atoms with Crippen LogP contribution in [0.2, 0.25) is 0 Å². The van der Waals surface area contributed by atoms with Crippen molar-refractivity contribution >= 4 is 0 Å². The molecule has 30 heavy (non-hydrogen) atoms. The highest BCUT2D eigenvalue weighted by Crippen LogP contribution is 2.22. The molecule has 166 valence electrons. The number of hydrogen-bond acceptors (Lipinski definition) is 5. The van der Waals surface area contributed by atoms with Gasteiger partial charge in [0.1, 0.15) is 5.75 Å². The van der Waals surface area contributed by atoms with E-state index in [9.17, 15) is 15.3 Å². The SMILES string of the molecule is [2H]C([2H])(CCCCC([2H])([2H])OCCCCc1ccccc1)NCC([2H])(O)c1ccc(O)c(CO)c1. The maximum atomic E-state index is 10.4. The van der Waals surface area contributed by atoms with Crippen molar-refractivity contribution in [2.75, 3.05) is 26.2 Å². The number of aliphatic hydroxyl groups excluding tert-OH is 1. The first-order chi connectivity index (χ1) is 16.4. The summed E-state index contributed by atoms with van der Waals surface area (Å²) < 4.78 is 45.7. The number of phenols is 1. The molecule has 0 aromatic heterocycles. The third-order valence-electron chi connectivity index (χ3n) is 4.70. The molecule has 5 nitrogen and oxygen atoms in total. The summed E-state index contributed by atoms with van der Waals surface area (Å²) in [6.07, 6.45) is 1.52. The Morgan fingerprint density at radius 3 is 2.60 bits per heavy atom. The van der Waals surface area contributed by atoms with Crippen LogP contribution in [0.15, 0.2) is 48.5 Å². The number of benzene rings is 2. The van der Waals surface area contributed by atoms with Gasteiger partial charge in [0.25, 0.3) is 0 Å². The maximum Gasteiger partial charge on any atom is 0.121 e. The van der Waals surface area contributed by atoms with Crippen molar-refractivity contribution in [2.45, 2.75) is 57.6 Å². The largest absolute Gasteiger partial charge is 0.508 e. The standard InChI is InChI=1S/C25H37NO4/c27-20-23-18-22(13-14-24(23)28)25(29)19-26-15-7-1-2-8-16-30-17-9-6-12-21-10-4-3-5-11-21/h3-5,10-11,13-14,18,25-29H,1-2,6-9,12,15-17,19-20H2/i15D2,16D2,25D. The Labute approximate surface area is 187 Å². The molecule has 4 N–H and O–H groups in total. The number of nitrogens with one attached hydrogen (secondary N) is 1. The van der Waals surface area contributed by atoms with Crippen LogP contribution in [0.25, 0.3) is 0 Å². The Hall–Kier alpha value is -1.92. The van der Waals surface area contributed by atoms with Gasteiger partial charge in [0.2, 0.25) is 0 Å². The van der Waals surface area contributed by atoms with Gasteiger partial charge in [-0.05, 0) is 61.9 Å². The minimum atomic E-state index is -2.16. The monoisotopic (exact) mass is 420 g/mol. The molecule has 0 aliphatic rings. The molecule has 0 saturated heterocycles. The number of aliphatic hydroxyl groups is 2. The topological polar surface area (TPSA) is 82.0 Å². The van der Waals surface area contributed by atoms with Crippen LogP contribution >= 0.6 is 0 Å². The highest BCUT2D eigenvalue weighted by molar-refractivity contribution is 5.36. The number of hydrogen-bond donors (Lipinski definition) is 4. The molecular weight excluding hydrogens is 378 g/mol. The Kier molecular flexibility index (Phi) is 8.85. The second-order valence-corrected chi connectivity index (χ2v) is 7.12. The van der Waals surface area contributed by atoms with Crippen molar-refractivity contribution in [1.82, 2.24) is 5.32 Å². The zero-order chi connectivity index (χ0) is 26.0. The summed E-state index contributed by atoms with van der Waals surface area (Å²) in [5.74, 6) is -0.147. The van der Waals surface area contributed by atoms with E-state index < -0.39 is 32.3 Å². The van der Waals surface area contributed by atoms with Crippen molar-refractivity contribution in [1.29, 1.82) is 0 Å². The van der Waals surface area contributed by atoms with E-state index in [-0.39, 0.29) is 29.7 Å². The highest BCUT2D eigenvalue weighted by atomic mass is 16.5. The van der Waals surface area contributed by atoms with Crippen molar-refractivity contribution in [3.8, 4) is 5.75 Å². The molecule has 0 aliphatic carbocycles. The maximum absolute atomic E-state index is 10.4. The van der Waals surface area contributed by atoms with Gasteiger partial charge >= 0.3 is 0 Å².